The van der Waals surface area contributed by atoms with Crippen LogP contribution in [0.15, 0.2) is 24.3 Å². The second kappa shape index (κ2) is 7.43. The van der Waals surface area contributed by atoms with Crippen molar-refractivity contribution in [3.63, 3.8) is 0 Å². The quantitative estimate of drug-likeness (QED) is 0.866. The molecular formula is C15H19ClN2O3. The van der Waals surface area contributed by atoms with Gasteiger partial charge in [0, 0.05) is 17.3 Å². The second-order valence-corrected chi connectivity index (χ2v) is 5.59. The number of anilines is 1. The Labute approximate surface area is 129 Å². The number of carbonyl (C=O) groups excluding carboxylic acids is 2. The molecule has 0 spiro atoms. The van der Waals surface area contributed by atoms with E-state index >= 15 is 0 Å². The van der Waals surface area contributed by atoms with Gasteiger partial charge in [-0.2, -0.15) is 0 Å². The van der Waals surface area contributed by atoms with E-state index in [9.17, 15) is 9.59 Å². The van der Waals surface area contributed by atoms with Gasteiger partial charge in [0.1, 0.15) is 0 Å². The van der Waals surface area contributed by atoms with Crippen LogP contribution in [0.4, 0.5) is 5.69 Å². The smallest absolute Gasteiger partial charge is 0.309 e. The molecule has 21 heavy (non-hydrogen) atoms. The number of hydrogen-bond acceptors (Lipinski definition) is 4. The number of amides is 1. The van der Waals surface area contributed by atoms with E-state index in [2.05, 4.69) is 5.32 Å². The minimum atomic E-state index is -0.196. The van der Waals surface area contributed by atoms with Crippen molar-refractivity contribution in [1.29, 1.82) is 0 Å². The summed E-state index contributed by atoms with van der Waals surface area (Å²) in [5, 5.41) is 3.45. The second-order valence-electron chi connectivity index (χ2n) is 5.15. The van der Waals surface area contributed by atoms with Crippen molar-refractivity contribution in [2.75, 3.05) is 32.1 Å². The lowest BCUT2D eigenvalue weighted by molar-refractivity contribution is -0.147. The molecule has 1 atom stereocenters. The van der Waals surface area contributed by atoms with Crippen molar-refractivity contribution in [2.45, 2.75) is 12.8 Å². The number of hydrogen-bond donors (Lipinski definition) is 1. The van der Waals surface area contributed by atoms with Gasteiger partial charge in [-0.3, -0.25) is 14.5 Å². The Bertz CT molecular complexity index is 504. The minimum Gasteiger partial charge on any atom is -0.469 e. The lowest BCUT2D eigenvalue weighted by Crippen LogP contribution is -2.42. The first-order valence-electron chi connectivity index (χ1n) is 6.94. The molecule has 1 heterocycles. The van der Waals surface area contributed by atoms with Crippen LogP contribution in [0.25, 0.3) is 0 Å². The topological polar surface area (TPSA) is 58.6 Å². The van der Waals surface area contributed by atoms with E-state index in [1.54, 1.807) is 24.3 Å². The van der Waals surface area contributed by atoms with Crippen LogP contribution in [0.1, 0.15) is 12.8 Å². The molecule has 0 bridgehead atoms. The summed E-state index contributed by atoms with van der Waals surface area (Å²) in [7, 11) is 1.40. The monoisotopic (exact) mass is 310 g/mol. The number of rotatable bonds is 4. The fourth-order valence-electron chi connectivity index (χ4n) is 2.50. The standard InChI is InChI=1S/C15H19ClN2O3/c1-21-15(20)11-3-2-8-18(9-11)10-14(19)17-13-6-4-12(16)5-7-13/h4-7,11H,2-3,8-10H2,1H3,(H,17,19). The summed E-state index contributed by atoms with van der Waals surface area (Å²) >= 11 is 5.80. The van der Waals surface area contributed by atoms with Gasteiger partial charge in [0.15, 0.2) is 0 Å². The molecule has 1 saturated heterocycles. The van der Waals surface area contributed by atoms with Crippen molar-refractivity contribution >= 4 is 29.2 Å². The Balaban J connectivity index is 1.84. The Morgan fingerprint density at radius 2 is 2.10 bits per heavy atom. The van der Waals surface area contributed by atoms with Crippen molar-refractivity contribution in [3.8, 4) is 0 Å². The predicted molar refractivity (Wildman–Crippen MR) is 81.3 cm³/mol. The van der Waals surface area contributed by atoms with Crippen molar-refractivity contribution in [3.05, 3.63) is 29.3 Å². The van der Waals surface area contributed by atoms with E-state index in [-0.39, 0.29) is 24.3 Å². The summed E-state index contributed by atoms with van der Waals surface area (Å²) < 4.78 is 4.77. The Kier molecular flexibility index (Phi) is 5.59. The maximum absolute atomic E-state index is 12.0. The predicted octanol–water partition coefficient (Wildman–Crippen LogP) is 2.16. The molecular weight excluding hydrogens is 292 g/mol. The van der Waals surface area contributed by atoms with Crippen LogP contribution >= 0.6 is 11.6 Å². The highest BCUT2D eigenvalue weighted by Gasteiger charge is 2.27. The number of ether oxygens (including phenoxy) is 1. The highest BCUT2D eigenvalue weighted by molar-refractivity contribution is 6.30. The van der Waals surface area contributed by atoms with Crippen LogP contribution in [-0.2, 0) is 14.3 Å². The van der Waals surface area contributed by atoms with Crippen molar-refractivity contribution in [2.24, 2.45) is 5.92 Å². The third-order valence-electron chi connectivity index (χ3n) is 3.54. The van der Waals surface area contributed by atoms with Gasteiger partial charge in [0.05, 0.1) is 19.6 Å². The van der Waals surface area contributed by atoms with Crippen LogP contribution in [0, 0.1) is 5.92 Å². The maximum atomic E-state index is 12.0. The van der Waals surface area contributed by atoms with Gasteiger partial charge in [-0.15, -0.1) is 0 Å². The number of benzene rings is 1. The van der Waals surface area contributed by atoms with E-state index < -0.39 is 0 Å². The largest absolute Gasteiger partial charge is 0.469 e. The molecule has 1 fully saturated rings. The average Bonchev–Trinajstić information content (AvgIpc) is 2.49. The first-order chi connectivity index (χ1) is 10.1. The van der Waals surface area contributed by atoms with Gasteiger partial charge in [0.25, 0.3) is 0 Å². The van der Waals surface area contributed by atoms with E-state index in [0.717, 1.165) is 19.4 Å². The summed E-state index contributed by atoms with van der Waals surface area (Å²) in [5.74, 6) is -0.423. The highest BCUT2D eigenvalue weighted by atomic mass is 35.5. The van der Waals surface area contributed by atoms with Crippen molar-refractivity contribution < 1.29 is 14.3 Å². The summed E-state index contributed by atoms with van der Waals surface area (Å²) in [6, 6.07) is 6.97. The van der Waals surface area contributed by atoms with E-state index in [1.165, 1.54) is 7.11 Å². The lowest BCUT2D eigenvalue weighted by Gasteiger charge is -2.30. The van der Waals surface area contributed by atoms with Gasteiger partial charge >= 0.3 is 5.97 Å². The van der Waals surface area contributed by atoms with Crippen LogP contribution in [-0.4, -0.2) is 43.5 Å². The molecule has 1 N–H and O–H groups in total. The normalized spacial score (nSPS) is 19.0. The average molecular weight is 311 g/mol. The number of halogens is 1. The molecule has 114 valence electrons. The van der Waals surface area contributed by atoms with Crippen LogP contribution in [0.2, 0.25) is 5.02 Å². The Morgan fingerprint density at radius 1 is 1.38 bits per heavy atom. The molecule has 1 aliphatic heterocycles. The number of nitrogens with zero attached hydrogens (tertiary/aromatic N) is 1. The van der Waals surface area contributed by atoms with E-state index in [4.69, 9.17) is 16.3 Å². The zero-order chi connectivity index (χ0) is 15.2. The molecule has 1 aromatic rings. The molecule has 0 aromatic heterocycles. The molecule has 0 saturated carbocycles. The fourth-order valence-corrected chi connectivity index (χ4v) is 2.62. The van der Waals surface area contributed by atoms with Crippen LogP contribution in [0.5, 0.6) is 0 Å². The maximum Gasteiger partial charge on any atom is 0.309 e. The molecule has 0 radical (unpaired) electrons. The molecule has 5 nitrogen and oxygen atoms in total. The van der Waals surface area contributed by atoms with E-state index in [0.29, 0.717) is 17.3 Å². The van der Waals surface area contributed by atoms with Gasteiger partial charge in [-0.25, -0.2) is 0 Å². The first-order valence-corrected chi connectivity index (χ1v) is 7.32. The molecule has 1 unspecified atom stereocenters. The number of carbonyl (C=O) groups is 2. The number of esters is 1. The summed E-state index contributed by atoms with van der Waals surface area (Å²) in [4.78, 5) is 25.6. The highest BCUT2D eigenvalue weighted by Crippen LogP contribution is 2.18. The third-order valence-corrected chi connectivity index (χ3v) is 3.79. The Morgan fingerprint density at radius 3 is 2.76 bits per heavy atom. The molecule has 0 aliphatic carbocycles. The number of methoxy groups -OCH3 is 1. The summed E-state index contributed by atoms with van der Waals surface area (Å²) in [5.41, 5.74) is 0.714. The fraction of sp³-hybridized carbons (Fsp3) is 0.467. The molecule has 6 heteroatoms. The van der Waals surface area contributed by atoms with Crippen LogP contribution < -0.4 is 5.32 Å². The SMILES string of the molecule is COC(=O)C1CCCN(CC(=O)Nc2ccc(Cl)cc2)C1. The zero-order valence-corrected chi connectivity index (χ0v) is 12.7. The minimum absolute atomic E-state index is 0.0946. The third kappa shape index (κ3) is 4.72. The molecule has 1 aromatic carbocycles. The number of piperidine rings is 1. The molecule has 2 rings (SSSR count). The van der Waals surface area contributed by atoms with Gasteiger partial charge in [-0.1, -0.05) is 11.6 Å². The molecule has 1 amide bonds. The number of likely N-dealkylation sites (tertiary alicyclic amines) is 1. The van der Waals surface area contributed by atoms with E-state index in [1.807, 2.05) is 4.90 Å². The summed E-state index contributed by atoms with van der Waals surface area (Å²) in [6.07, 6.45) is 1.72. The van der Waals surface area contributed by atoms with Gasteiger partial charge in [0.2, 0.25) is 5.91 Å². The summed E-state index contributed by atoms with van der Waals surface area (Å²) in [6.45, 7) is 1.67. The van der Waals surface area contributed by atoms with Crippen molar-refractivity contribution in [1.82, 2.24) is 4.90 Å². The van der Waals surface area contributed by atoms with Gasteiger partial charge < -0.3 is 10.1 Å². The first kappa shape index (κ1) is 15.8. The zero-order valence-electron chi connectivity index (χ0n) is 12.0. The lowest BCUT2D eigenvalue weighted by atomic mass is 9.98. The van der Waals surface area contributed by atoms with Crippen LogP contribution in [0.3, 0.4) is 0 Å². The number of nitrogens with one attached hydrogen (secondary N) is 1. The molecule has 1 aliphatic rings. The van der Waals surface area contributed by atoms with Gasteiger partial charge in [-0.05, 0) is 43.7 Å². The Hall–Kier alpha value is -1.59.